The average molecular weight is 289 g/mol. The maximum absolute atomic E-state index is 8.75. The number of ether oxygens (including phenoxy) is 1. The van der Waals surface area contributed by atoms with E-state index >= 15 is 0 Å². The highest BCUT2D eigenvalue weighted by Gasteiger charge is 2.05. The lowest BCUT2D eigenvalue weighted by Gasteiger charge is -2.09. The molecule has 0 amide bonds. The van der Waals surface area contributed by atoms with Gasteiger partial charge in [0.1, 0.15) is 11.5 Å². The Balaban J connectivity index is 0.000000956. The molecule has 0 spiro atoms. The summed E-state index contributed by atoms with van der Waals surface area (Å²) in [6.07, 6.45) is 0. The maximum atomic E-state index is 8.75. The van der Waals surface area contributed by atoms with Crippen LogP contribution < -0.4 is 10.5 Å². The molecule has 2 aromatic carbocycles. The molecule has 0 saturated heterocycles. The SMILES string of the molecule is CC.Cc1cc(Cl)cc(Oc2ccc(C#N)cc2N)c1. The average Bonchev–Trinajstić information content (AvgIpc) is 2.42. The number of aryl methyl sites for hydroxylation is 1. The molecule has 0 aromatic heterocycles. The molecule has 2 N–H and O–H groups in total. The number of nitrogens with zero attached hydrogens (tertiary/aromatic N) is 1. The number of hydrogen-bond acceptors (Lipinski definition) is 3. The van der Waals surface area contributed by atoms with Gasteiger partial charge in [0.05, 0.1) is 17.3 Å². The second kappa shape index (κ2) is 7.42. The molecule has 0 saturated carbocycles. The van der Waals surface area contributed by atoms with Gasteiger partial charge in [0.25, 0.3) is 0 Å². The molecule has 0 aliphatic carbocycles. The third kappa shape index (κ3) is 4.18. The van der Waals surface area contributed by atoms with Gasteiger partial charge in [-0.25, -0.2) is 0 Å². The van der Waals surface area contributed by atoms with Gasteiger partial charge in [0.15, 0.2) is 0 Å². The van der Waals surface area contributed by atoms with E-state index in [4.69, 9.17) is 27.3 Å². The van der Waals surface area contributed by atoms with Crippen LogP contribution in [-0.2, 0) is 0 Å². The summed E-state index contributed by atoms with van der Waals surface area (Å²) in [6.45, 7) is 5.93. The van der Waals surface area contributed by atoms with Crippen LogP contribution in [0.15, 0.2) is 36.4 Å². The van der Waals surface area contributed by atoms with Crippen molar-refractivity contribution < 1.29 is 4.74 Å². The molecule has 3 nitrogen and oxygen atoms in total. The highest BCUT2D eigenvalue weighted by Crippen LogP contribution is 2.30. The topological polar surface area (TPSA) is 59.0 Å². The zero-order chi connectivity index (χ0) is 15.1. The summed E-state index contributed by atoms with van der Waals surface area (Å²) in [5, 5.41) is 9.36. The Morgan fingerprint density at radius 1 is 1.15 bits per heavy atom. The quantitative estimate of drug-likeness (QED) is 0.798. The van der Waals surface area contributed by atoms with Crippen molar-refractivity contribution in [3.8, 4) is 17.6 Å². The van der Waals surface area contributed by atoms with E-state index in [0.29, 0.717) is 27.8 Å². The molecule has 0 heterocycles. The Hall–Kier alpha value is -2.18. The van der Waals surface area contributed by atoms with Gasteiger partial charge in [-0.2, -0.15) is 5.26 Å². The lowest BCUT2D eigenvalue weighted by atomic mass is 10.2. The van der Waals surface area contributed by atoms with E-state index < -0.39 is 0 Å². The number of nitrogens with two attached hydrogens (primary N) is 1. The summed E-state index contributed by atoms with van der Waals surface area (Å²) in [6, 6.07) is 12.3. The predicted molar refractivity (Wildman–Crippen MR) is 83.2 cm³/mol. The normalized spacial score (nSPS) is 9.15. The molecule has 0 aliphatic rings. The van der Waals surface area contributed by atoms with Crippen LogP contribution in [0, 0.1) is 18.3 Å². The summed E-state index contributed by atoms with van der Waals surface area (Å²) >= 11 is 5.95. The van der Waals surface area contributed by atoms with Crippen LogP contribution in [0.25, 0.3) is 0 Å². The van der Waals surface area contributed by atoms with Crippen molar-refractivity contribution >= 4 is 17.3 Å². The number of anilines is 1. The number of benzene rings is 2. The van der Waals surface area contributed by atoms with Crippen LogP contribution in [0.5, 0.6) is 11.5 Å². The van der Waals surface area contributed by atoms with Crippen molar-refractivity contribution in [2.75, 3.05) is 5.73 Å². The highest BCUT2D eigenvalue weighted by atomic mass is 35.5. The number of halogens is 1. The second-order valence-corrected chi connectivity index (χ2v) is 4.37. The van der Waals surface area contributed by atoms with E-state index in [0.717, 1.165) is 5.56 Å². The first-order valence-corrected chi connectivity index (χ1v) is 6.71. The third-order valence-electron chi connectivity index (χ3n) is 2.38. The van der Waals surface area contributed by atoms with Gasteiger partial charge in [-0.15, -0.1) is 0 Å². The van der Waals surface area contributed by atoms with Crippen LogP contribution >= 0.6 is 11.6 Å². The van der Waals surface area contributed by atoms with Crippen molar-refractivity contribution in [2.45, 2.75) is 20.8 Å². The molecule has 0 atom stereocenters. The molecule has 2 rings (SSSR count). The fourth-order valence-electron chi connectivity index (χ4n) is 1.60. The minimum atomic E-state index is 0.423. The van der Waals surface area contributed by atoms with Crippen molar-refractivity contribution in [2.24, 2.45) is 0 Å². The minimum Gasteiger partial charge on any atom is -0.455 e. The predicted octanol–water partition coefficient (Wildman–Crippen LogP) is 4.92. The van der Waals surface area contributed by atoms with E-state index in [1.54, 1.807) is 24.3 Å². The Labute approximate surface area is 124 Å². The van der Waals surface area contributed by atoms with Gasteiger partial charge >= 0.3 is 0 Å². The van der Waals surface area contributed by atoms with Gasteiger partial charge in [0, 0.05) is 5.02 Å². The lowest BCUT2D eigenvalue weighted by molar-refractivity contribution is 0.484. The fraction of sp³-hybridized carbons (Fsp3) is 0.188. The molecule has 2 aromatic rings. The van der Waals surface area contributed by atoms with E-state index in [-0.39, 0.29) is 0 Å². The van der Waals surface area contributed by atoms with Crippen molar-refractivity contribution in [3.05, 3.63) is 52.5 Å². The molecule has 4 heteroatoms. The first-order chi connectivity index (χ1) is 9.58. The first-order valence-electron chi connectivity index (χ1n) is 6.33. The largest absolute Gasteiger partial charge is 0.455 e. The lowest BCUT2D eigenvalue weighted by Crippen LogP contribution is -1.93. The molecule has 20 heavy (non-hydrogen) atoms. The molecule has 0 bridgehead atoms. The zero-order valence-electron chi connectivity index (χ0n) is 11.8. The Bertz CT molecular complexity index is 613. The molecular formula is C16H17ClN2O. The minimum absolute atomic E-state index is 0.423. The van der Waals surface area contributed by atoms with Crippen LogP contribution in [0.2, 0.25) is 5.02 Å². The van der Waals surface area contributed by atoms with E-state index in [1.807, 2.05) is 39.0 Å². The van der Waals surface area contributed by atoms with Gasteiger partial charge in [-0.1, -0.05) is 25.4 Å². The van der Waals surface area contributed by atoms with Crippen LogP contribution in [-0.4, -0.2) is 0 Å². The summed E-state index contributed by atoms with van der Waals surface area (Å²) in [4.78, 5) is 0. The molecule has 0 radical (unpaired) electrons. The van der Waals surface area contributed by atoms with Crippen LogP contribution in [0.3, 0.4) is 0 Å². The summed E-state index contributed by atoms with van der Waals surface area (Å²) in [7, 11) is 0. The summed E-state index contributed by atoms with van der Waals surface area (Å²) in [5.74, 6) is 1.13. The zero-order valence-corrected chi connectivity index (χ0v) is 12.5. The first kappa shape index (κ1) is 15.9. The fourth-order valence-corrected chi connectivity index (χ4v) is 1.88. The molecule has 0 aliphatic heterocycles. The number of nitriles is 1. The number of nitrogen functional groups attached to an aromatic ring is 1. The van der Waals surface area contributed by atoms with Crippen molar-refractivity contribution in [3.63, 3.8) is 0 Å². The van der Waals surface area contributed by atoms with Gasteiger partial charge in [0.2, 0.25) is 0 Å². The summed E-state index contributed by atoms with van der Waals surface area (Å²) < 4.78 is 5.65. The molecule has 0 unspecified atom stereocenters. The van der Waals surface area contributed by atoms with Crippen molar-refractivity contribution in [1.29, 1.82) is 5.26 Å². The Morgan fingerprint density at radius 2 is 1.85 bits per heavy atom. The Kier molecular flexibility index (Phi) is 5.89. The standard InChI is InChI=1S/C14H11ClN2O.C2H6/c1-9-4-11(15)7-12(5-9)18-14-3-2-10(8-16)6-13(14)17;1-2/h2-7H,17H2,1H3;1-2H3. The van der Waals surface area contributed by atoms with E-state index in [9.17, 15) is 0 Å². The maximum Gasteiger partial charge on any atom is 0.150 e. The molecule has 0 fully saturated rings. The van der Waals surface area contributed by atoms with Crippen LogP contribution in [0.1, 0.15) is 25.0 Å². The van der Waals surface area contributed by atoms with Crippen LogP contribution in [0.4, 0.5) is 5.69 Å². The summed E-state index contributed by atoms with van der Waals surface area (Å²) in [5.41, 5.74) is 7.74. The van der Waals surface area contributed by atoms with E-state index in [2.05, 4.69) is 0 Å². The Morgan fingerprint density at radius 3 is 2.40 bits per heavy atom. The second-order valence-electron chi connectivity index (χ2n) is 3.93. The van der Waals surface area contributed by atoms with E-state index in [1.165, 1.54) is 0 Å². The number of rotatable bonds is 2. The molecular weight excluding hydrogens is 272 g/mol. The monoisotopic (exact) mass is 288 g/mol. The van der Waals surface area contributed by atoms with Gasteiger partial charge in [-0.3, -0.25) is 0 Å². The third-order valence-corrected chi connectivity index (χ3v) is 2.60. The van der Waals surface area contributed by atoms with Crippen molar-refractivity contribution in [1.82, 2.24) is 0 Å². The highest BCUT2D eigenvalue weighted by molar-refractivity contribution is 6.30. The smallest absolute Gasteiger partial charge is 0.150 e. The number of hydrogen-bond donors (Lipinski definition) is 1. The van der Waals surface area contributed by atoms with Gasteiger partial charge < -0.3 is 10.5 Å². The van der Waals surface area contributed by atoms with Gasteiger partial charge in [-0.05, 0) is 48.9 Å². The molecule has 104 valence electrons.